The molecule has 0 saturated carbocycles. The molecular weight excluding hydrogens is 194 g/mol. The van der Waals surface area contributed by atoms with Crippen molar-refractivity contribution in [1.29, 1.82) is 0 Å². The summed E-state index contributed by atoms with van der Waals surface area (Å²) < 4.78 is 0. The molecule has 1 aromatic heterocycles. The minimum atomic E-state index is 0.0529. The lowest BCUT2D eigenvalue weighted by Gasteiger charge is -2.18. The second kappa shape index (κ2) is 4.28. The zero-order chi connectivity index (χ0) is 10.8. The normalized spacial score (nSPS) is 11.8. The number of rotatable bonds is 2. The molecule has 0 aliphatic carbocycles. The molecule has 4 heteroatoms. The van der Waals surface area contributed by atoms with Gasteiger partial charge in [-0.1, -0.05) is 20.8 Å². The van der Waals surface area contributed by atoms with Crippen molar-refractivity contribution in [1.82, 2.24) is 9.97 Å². The molecule has 0 aliphatic heterocycles. The van der Waals surface area contributed by atoms with Crippen molar-refractivity contribution in [3.05, 3.63) is 17.6 Å². The van der Waals surface area contributed by atoms with E-state index in [2.05, 4.69) is 30.7 Å². The average Bonchev–Trinajstić information content (AvgIpc) is 2.15. The first-order valence-electron chi connectivity index (χ1n) is 4.60. The summed E-state index contributed by atoms with van der Waals surface area (Å²) >= 11 is 1.62. The zero-order valence-corrected chi connectivity index (χ0v) is 9.98. The minimum Gasteiger partial charge on any atom is -0.324 e. The van der Waals surface area contributed by atoms with Crippen LogP contribution in [0.2, 0.25) is 0 Å². The van der Waals surface area contributed by atoms with Gasteiger partial charge in [0, 0.05) is 5.41 Å². The second-order valence-corrected chi connectivity index (χ2v) is 4.99. The minimum absolute atomic E-state index is 0.0529. The van der Waals surface area contributed by atoms with Crippen LogP contribution in [0.25, 0.3) is 0 Å². The molecule has 0 unspecified atom stereocenters. The Bertz CT molecular complexity index is 295. The van der Waals surface area contributed by atoms with Crippen molar-refractivity contribution in [3.8, 4) is 0 Å². The molecule has 0 amide bonds. The Hall–Kier alpha value is -0.610. The van der Waals surface area contributed by atoms with Gasteiger partial charge in [-0.15, -0.1) is 11.8 Å². The highest BCUT2D eigenvalue weighted by Crippen LogP contribution is 2.23. The van der Waals surface area contributed by atoms with Crippen LogP contribution in [0.4, 0.5) is 0 Å². The Balaban J connectivity index is 3.17. The van der Waals surface area contributed by atoms with Crippen LogP contribution in [0.15, 0.2) is 11.1 Å². The van der Waals surface area contributed by atoms with Crippen molar-refractivity contribution in [2.45, 2.75) is 37.8 Å². The van der Waals surface area contributed by atoms with Crippen LogP contribution in [0, 0.1) is 0 Å². The van der Waals surface area contributed by atoms with E-state index in [-0.39, 0.29) is 5.41 Å². The SMILES string of the molecule is CSc1cc(C(C)(C)C)nc(CN)n1. The Kier molecular flexibility index (Phi) is 3.50. The van der Waals surface area contributed by atoms with Gasteiger partial charge in [-0.05, 0) is 12.3 Å². The molecule has 0 saturated heterocycles. The maximum absolute atomic E-state index is 5.55. The summed E-state index contributed by atoms with van der Waals surface area (Å²) in [6, 6.07) is 2.03. The fraction of sp³-hybridized carbons (Fsp3) is 0.600. The van der Waals surface area contributed by atoms with Crippen molar-refractivity contribution < 1.29 is 0 Å². The largest absolute Gasteiger partial charge is 0.324 e. The van der Waals surface area contributed by atoms with Crippen molar-refractivity contribution in [3.63, 3.8) is 0 Å². The van der Waals surface area contributed by atoms with E-state index in [0.717, 1.165) is 16.5 Å². The molecular formula is C10H17N3S. The highest BCUT2D eigenvalue weighted by atomic mass is 32.2. The molecule has 2 N–H and O–H groups in total. The lowest BCUT2D eigenvalue weighted by atomic mass is 9.92. The van der Waals surface area contributed by atoms with Crippen LogP contribution < -0.4 is 5.73 Å². The molecule has 1 aromatic rings. The molecule has 0 spiro atoms. The zero-order valence-electron chi connectivity index (χ0n) is 9.16. The average molecular weight is 211 g/mol. The lowest BCUT2D eigenvalue weighted by molar-refractivity contribution is 0.557. The highest BCUT2D eigenvalue weighted by Gasteiger charge is 2.17. The number of thioether (sulfide) groups is 1. The molecule has 0 atom stereocenters. The van der Waals surface area contributed by atoms with Gasteiger partial charge in [-0.3, -0.25) is 0 Å². The van der Waals surface area contributed by atoms with E-state index in [1.807, 2.05) is 12.3 Å². The Morgan fingerprint density at radius 3 is 2.43 bits per heavy atom. The molecule has 3 nitrogen and oxygen atoms in total. The van der Waals surface area contributed by atoms with E-state index in [0.29, 0.717) is 6.54 Å². The first-order chi connectivity index (χ1) is 6.47. The van der Waals surface area contributed by atoms with E-state index >= 15 is 0 Å². The maximum atomic E-state index is 5.55. The molecule has 0 radical (unpaired) electrons. The van der Waals surface area contributed by atoms with E-state index in [4.69, 9.17) is 5.73 Å². The van der Waals surface area contributed by atoms with Crippen LogP contribution in [0.1, 0.15) is 32.3 Å². The fourth-order valence-electron chi connectivity index (χ4n) is 1.05. The topological polar surface area (TPSA) is 51.8 Å². The summed E-state index contributed by atoms with van der Waals surface area (Å²) in [5.41, 5.74) is 6.66. The van der Waals surface area contributed by atoms with Gasteiger partial charge in [0.15, 0.2) is 0 Å². The van der Waals surface area contributed by atoms with E-state index in [1.165, 1.54) is 0 Å². The standard InChI is InChI=1S/C10H17N3S/c1-10(2,3)7-5-9(14-4)13-8(6-11)12-7/h5H,6,11H2,1-4H3. The van der Waals surface area contributed by atoms with Crippen LogP contribution in [-0.4, -0.2) is 16.2 Å². The third kappa shape index (κ3) is 2.69. The highest BCUT2D eigenvalue weighted by molar-refractivity contribution is 7.98. The van der Waals surface area contributed by atoms with Crippen molar-refractivity contribution >= 4 is 11.8 Å². The number of nitrogens with zero attached hydrogens (tertiary/aromatic N) is 2. The second-order valence-electron chi connectivity index (χ2n) is 4.17. The smallest absolute Gasteiger partial charge is 0.143 e. The molecule has 0 aromatic carbocycles. The number of aromatic nitrogens is 2. The summed E-state index contributed by atoms with van der Waals surface area (Å²) in [5.74, 6) is 0.724. The van der Waals surface area contributed by atoms with Gasteiger partial charge in [-0.2, -0.15) is 0 Å². The third-order valence-electron chi connectivity index (χ3n) is 1.91. The summed E-state index contributed by atoms with van der Waals surface area (Å²) in [7, 11) is 0. The maximum Gasteiger partial charge on any atom is 0.143 e. The fourth-order valence-corrected chi connectivity index (χ4v) is 1.48. The van der Waals surface area contributed by atoms with E-state index in [1.54, 1.807) is 11.8 Å². The third-order valence-corrected chi connectivity index (χ3v) is 2.54. The van der Waals surface area contributed by atoms with Gasteiger partial charge in [0.1, 0.15) is 5.82 Å². The molecule has 0 bridgehead atoms. The summed E-state index contributed by atoms with van der Waals surface area (Å²) in [5, 5.41) is 0.991. The van der Waals surface area contributed by atoms with Crippen LogP contribution >= 0.6 is 11.8 Å². The van der Waals surface area contributed by atoms with Crippen LogP contribution in [0.3, 0.4) is 0 Å². The number of hydrogen-bond donors (Lipinski definition) is 1. The molecule has 0 fully saturated rings. The van der Waals surface area contributed by atoms with Gasteiger partial charge in [0.05, 0.1) is 17.3 Å². The molecule has 78 valence electrons. The summed E-state index contributed by atoms with van der Waals surface area (Å²) in [4.78, 5) is 8.73. The quantitative estimate of drug-likeness (QED) is 0.600. The van der Waals surface area contributed by atoms with Gasteiger partial charge < -0.3 is 5.73 Å². The van der Waals surface area contributed by atoms with Crippen LogP contribution in [0.5, 0.6) is 0 Å². The lowest BCUT2D eigenvalue weighted by Crippen LogP contribution is -2.17. The predicted octanol–water partition coefficient (Wildman–Crippen LogP) is 1.95. The molecule has 14 heavy (non-hydrogen) atoms. The Morgan fingerprint density at radius 2 is 2.00 bits per heavy atom. The molecule has 1 rings (SSSR count). The van der Waals surface area contributed by atoms with E-state index < -0.39 is 0 Å². The monoisotopic (exact) mass is 211 g/mol. The van der Waals surface area contributed by atoms with Gasteiger partial charge >= 0.3 is 0 Å². The van der Waals surface area contributed by atoms with Gasteiger partial charge in [-0.25, -0.2) is 9.97 Å². The summed E-state index contributed by atoms with van der Waals surface area (Å²) in [6.07, 6.45) is 2.01. The van der Waals surface area contributed by atoms with E-state index in [9.17, 15) is 0 Å². The Labute approximate surface area is 89.5 Å². The first-order valence-corrected chi connectivity index (χ1v) is 5.82. The number of hydrogen-bond acceptors (Lipinski definition) is 4. The van der Waals surface area contributed by atoms with Gasteiger partial charge in [0.25, 0.3) is 0 Å². The van der Waals surface area contributed by atoms with Gasteiger partial charge in [0.2, 0.25) is 0 Å². The van der Waals surface area contributed by atoms with Crippen molar-refractivity contribution in [2.75, 3.05) is 6.26 Å². The number of nitrogens with two attached hydrogens (primary N) is 1. The van der Waals surface area contributed by atoms with Crippen LogP contribution in [-0.2, 0) is 12.0 Å². The summed E-state index contributed by atoms with van der Waals surface area (Å²) in [6.45, 7) is 6.82. The molecule has 0 aliphatic rings. The first kappa shape index (κ1) is 11.5. The Morgan fingerprint density at radius 1 is 1.36 bits per heavy atom. The van der Waals surface area contributed by atoms with Crippen molar-refractivity contribution in [2.24, 2.45) is 5.73 Å². The predicted molar refractivity (Wildman–Crippen MR) is 60.4 cm³/mol. The molecule has 1 heterocycles.